The Balaban J connectivity index is 1.93. The minimum Gasteiger partial charge on any atom is -0.354 e. The fourth-order valence-corrected chi connectivity index (χ4v) is 2.74. The van der Waals surface area contributed by atoms with E-state index in [0.717, 1.165) is 25.7 Å². The summed E-state index contributed by atoms with van der Waals surface area (Å²) in [5, 5.41) is 2.76. The van der Waals surface area contributed by atoms with Crippen LogP contribution in [0.5, 0.6) is 0 Å². The van der Waals surface area contributed by atoms with Gasteiger partial charge in [-0.15, -0.1) is 0 Å². The third kappa shape index (κ3) is 4.94. The number of halogens is 3. The summed E-state index contributed by atoms with van der Waals surface area (Å²) in [6.45, 7) is 3.15. The minimum atomic E-state index is -4.44. The van der Waals surface area contributed by atoms with E-state index < -0.39 is 11.7 Å². The number of alkyl halides is 3. The van der Waals surface area contributed by atoms with E-state index in [4.69, 9.17) is 0 Å². The number of piperazine rings is 1. The first kappa shape index (κ1) is 17.7. The monoisotopic (exact) mass is 329 g/mol. The maximum absolute atomic E-state index is 12.9. The van der Waals surface area contributed by atoms with E-state index >= 15 is 0 Å². The molecule has 0 saturated carbocycles. The summed E-state index contributed by atoms with van der Waals surface area (Å²) in [6.07, 6.45) is -4.70. The van der Waals surface area contributed by atoms with Gasteiger partial charge in [0.2, 0.25) is 5.91 Å². The molecule has 0 spiro atoms. The fourth-order valence-electron chi connectivity index (χ4n) is 2.74. The van der Waals surface area contributed by atoms with E-state index in [1.54, 1.807) is 0 Å². The average molecular weight is 329 g/mol. The molecule has 0 aromatic heterocycles. The van der Waals surface area contributed by atoms with Gasteiger partial charge in [-0.1, -0.05) is 18.2 Å². The zero-order valence-corrected chi connectivity index (χ0v) is 13.4. The number of carbonyl (C=O) groups is 1. The molecule has 1 heterocycles. The molecule has 1 aliphatic heterocycles. The van der Waals surface area contributed by atoms with Crippen LogP contribution in [-0.2, 0) is 17.4 Å². The van der Waals surface area contributed by atoms with Gasteiger partial charge in [-0.2, -0.15) is 13.2 Å². The molecule has 1 saturated heterocycles. The quantitative estimate of drug-likeness (QED) is 0.912. The number of nitrogens with one attached hydrogen (secondary N) is 1. The average Bonchev–Trinajstić information content (AvgIpc) is 2.47. The molecule has 1 aliphatic rings. The molecule has 0 aliphatic carbocycles. The standard InChI is InChI=1S/C16H22F3N3O/c1-21-7-8-22(2)13(11-21)10-20-15(23)9-12-5-3-4-6-14(12)16(17,18)19/h3-6,13H,7-11H2,1-2H3,(H,20,23). The van der Waals surface area contributed by atoms with E-state index in [1.807, 2.05) is 14.1 Å². The van der Waals surface area contributed by atoms with Crippen molar-refractivity contribution in [2.24, 2.45) is 0 Å². The molecule has 1 aromatic carbocycles. The van der Waals surface area contributed by atoms with E-state index in [0.29, 0.717) is 6.54 Å². The van der Waals surface area contributed by atoms with Crippen LogP contribution in [0.3, 0.4) is 0 Å². The van der Waals surface area contributed by atoms with Gasteiger partial charge in [0, 0.05) is 32.2 Å². The Morgan fingerprint density at radius 2 is 1.96 bits per heavy atom. The van der Waals surface area contributed by atoms with Crippen molar-refractivity contribution in [2.45, 2.75) is 18.6 Å². The second kappa shape index (κ2) is 7.31. The van der Waals surface area contributed by atoms with Crippen LogP contribution in [0.2, 0.25) is 0 Å². The number of likely N-dealkylation sites (N-methyl/N-ethyl adjacent to an activating group) is 2. The molecule has 23 heavy (non-hydrogen) atoms. The highest BCUT2D eigenvalue weighted by Crippen LogP contribution is 2.31. The fraction of sp³-hybridized carbons (Fsp3) is 0.562. The van der Waals surface area contributed by atoms with E-state index in [9.17, 15) is 18.0 Å². The van der Waals surface area contributed by atoms with Crippen molar-refractivity contribution in [2.75, 3.05) is 40.3 Å². The maximum atomic E-state index is 12.9. The van der Waals surface area contributed by atoms with Gasteiger partial charge in [0.15, 0.2) is 0 Å². The maximum Gasteiger partial charge on any atom is 0.416 e. The molecule has 0 radical (unpaired) electrons. The van der Waals surface area contributed by atoms with Crippen molar-refractivity contribution < 1.29 is 18.0 Å². The molecule has 1 aromatic rings. The first-order valence-electron chi connectivity index (χ1n) is 7.58. The Morgan fingerprint density at radius 3 is 2.65 bits per heavy atom. The summed E-state index contributed by atoms with van der Waals surface area (Å²) in [5.74, 6) is -0.386. The number of hydrogen-bond donors (Lipinski definition) is 1. The Kier molecular flexibility index (Phi) is 5.64. The molecule has 4 nitrogen and oxygen atoms in total. The number of benzene rings is 1. The summed E-state index contributed by atoms with van der Waals surface area (Å²) in [5.41, 5.74) is -0.740. The van der Waals surface area contributed by atoms with Gasteiger partial charge in [-0.3, -0.25) is 9.69 Å². The zero-order valence-electron chi connectivity index (χ0n) is 13.4. The van der Waals surface area contributed by atoms with Crippen molar-refractivity contribution in [3.05, 3.63) is 35.4 Å². The van der Waals surface area contributed by atoms with Crippen molar-refractivity contribution in [3.63, 3.8) is 0 Å². The summed E-state index contributed by atoms with van der Waals surface area (Å²) in [6, 6.07) is 5.38. The first-order chi connectivity index (χ1) is 10.8. The Labute approximate surface area is 134 Å². The van der Waals surface area contributed by atoms with Crippen LogP contribution in [0.15, 0.2) is 24.3 Å². The van der Waals surface area contributed by atoms with Crippen molar-refractivity contribution in [3.8, 4) is 0 Å². The minimum absolute atomic E-state index is 0.00613. The topological polar surface area (TPSA) is 35.6 Å². The molecule has 1 amide bonds. The van der Waals surface area contributed by atoms with Gasteiger partial charge < -0.3 is 10.2 Å². The molecule has 1 N–H and O–H groups in total. The summed E-state index contributed by atoms with van der Waals surface area (Å²) < 4.78 is 38.8. The summed E-state index contributed by atoms with van der Waals surface area (Å²) in [7, 11) is 4.00. The van der Waals surface area contributed by atoms with Gasteiger partial charge >= 0.3 is 6.18 Å². The van der Waals surface area contributed by atoms with Crippen molar-refractivity contribution in [1.29, 1.82) is 0 Å². The van der Waals surface area contributed by atoms with Crippen LogP contribution < -0.4 is 5.32 Å². The SMILES string of the molecule is CN1CCN(C)C(CNC(=O)Cc2ccccc2C(F)(F)F)C1. The number of rotatable bonds is 4. The molecular formula is C16H22F3N3O. The van der Waals surface area contributed by atoms with E-state index in [-0.39, 0.29) is 23.9 Å². The van der Waals surface area contributed by atoms with Gasteiger partial charge in [0.05, 0.1) is 12.0 Å². The van der Waals surface area contributed by atoms with Crippen LogP contribution in [0, 0.1) is 0 Å². The van der Waals surface area contributed by atoms with Gasteiger partial charge in [-0.25, -0.2) is 0 Å². The predicted octanol–water partition coefficient (Wildman–Crippen LogP) is 1.61. The van der Waals surface area contributed by atoms with Gasteiger partial charge in [0.1, 0.15) is 0 Å². The normalized spacial score (nSPS) is 20.5. The van der Waals surface area contributed by atoms with Gasteiger partial charge in [-0.05, 0) is 25.7 Å². The first-order valence-corrected chi connectivity index (χ1v) is 7.58. The Hall–Kier alpha value is -1.60. The molecule has 2 rings (SSSR count). The molecular weight excluding hydrogens is 307 g/mol. The molecule has 0 bridgehead atoms. The lowest BCUT2D eigenvalue weighted by Crippen LogP contribution is -2.54. The lowest BCUT2D eigenvalue weighted by molar-refractivity contribution is -0.138. The van der Waals surface area contributed by atoms with Crippen LogP contribution in [0.1, 0.15) is 11.1 Å². The smallest absolute Gasteiger partial charge is 0.354 e. The van der Waals surface area contributed by atoms with Crippen LogP contribution in [0.4, 0.5) is 13.2 Å². The van der Waals surface area contributed by atoms with Crippen LogP contribution in [0.25, 0.3) is 0 Å². The highest BCUT2D eigenvalue weighted by Gasteiger charge is 2.33. The third-order valence-electron chi connectivity index (χ3n) is 4.19. The summed E-state index contributed by atoms with van der Waals surface area (Å²) >= 11 is 0. The van der Waals surface area contributed by atoms with Crippen molar-refractivity contribution >= 4 is 5.91 Å². The highest BCUT2D eigenvalue weighted by molar-refractivity contribution is 5.79. The lowest BCUT2D eigenvalue weighted by Gasteiger charge is -2.37. The molecule has 7 heteroatoms. The van der Waals surface area contributed by atoms with E-state index in [1.165, 1.54) is 18.2 Å². The number of hydrogen-bond acceptors (Lipinski definition) is 3. The second-order valence-electron chi connectivity index (χ2n) is 6.03. The predicted molar refractivity (Wildman–Crippen MR) is 82.1 cm³/mol. The largest absolute Gasteiger partial charge is 0.416 e. The van der Waals surface area contributed by atoms with E-state index in [2.05, 4.69) is 15.1 Å². The molecule has 128 valence electrons. The third-order valence-corrected chi connectivity index (χ3v) is 4.19. The number of amides is 1. The second-order valence-corrected chi connectivity index (χ2v) is 6.03. The highest BCUT2D eigenvalue weighted by atomic mass is 19.4. The lowest BCUT2D eigenvalue weighted by atomic mass is 10.0. The summed E-state index contributed by atoms with van der Waals surface area (Å²) in [4.78, 5) is 16.3. The molecule has 1 unspecified atom stereocenters. The van der Waals surface area contributed by atoms with Gasteiger partial charge in [0.25, 0.3) is 0 Å². The molecule has 1 fully saturated rings. The zero-order chi connectivity index (χ0) is 17.0. The van der Waals surface area contributed by atoms with Crippen molar-refractivity contribution in [1.82, 2.24) is 15.1 Å². The van der Waals surface area contributed by atoms with Crippen LogP contribution in [-0.4, -0.2) is 62.0 Å². The number of nitrogens with zero attached hydrogens (tertiary/aromatic N) is 2. The van der Waals surface area contributed by atoms with Crippen LogP contribution >= 0.6 is 0 Å². The molecule has 1 atom stereocenters. The Bertz CT molecular complexity index is 548. The Morgan fingerprint density at radius 1 is 1.26 bits per heavy atom. The number of carbonyl (C=O) groups excluding carboxylic acids is 1.